The fourth-order valence-corrected chi connectivity index (χ4v) is 9.01. The Hall–Kier alpha value is -3.04. The molecule has 6 rings (SSSR count). The largest absolute Gasteiger partial charge is 0.495 e. The first-order valence-electron chi connectivity index (χ1n) is 16.4. The molecule has 0 spiro atoms. The van der Waals surface area contributed by atoms with E-state index in [0.717, 1.165) is 64.1 Å². The molecule has 12 nitrogen and oxygen atoms in total. The molecule has 2 atom stereocenters. The Balaban J connectivity index is 1.20. The first kappa shape index (κ1) is 33.8. The van der Waals surface area contributed by atoms with Crippen molar-refractivity contribution in [3.05, 3.63) is 58.7 Å². The monoisotopic (exact) mass is 685 g/mol. The number of aryl methyl sites for hydroxylation is 1. The van der Waals surface area contributed by atoms with Crippen molar-refractivity contribution in [2.45, 2.75) is 55.5 Å². The van der Waals surface area contributed by atoms with E-state index in [-0.39, 0.29) is 34.9 Å². The van der Waals surface area contributed by atoms with Gasteiger partial charge in [-0.05, 0) is 73.9 Å². The highest BCUT2D eigenvalue weighted by Crippen LogP contribution is 2.36. The molecule has 47 heavy (non-hydrogen) atoms. The molecule has 1 unspecified atom stereocenters. The molecule has 0 radical (unpaired) electrons. The number of nitrogens with one attached hydrogen (secondary N) is 2. The van der Waals surface area contributed by atoms with E-state index in [1.807, 2.05) is 0 Å². The van der Waals surface area contributed by atoms with Crippen LogP contribution in [0.5, 0.6) is 5.75 Å². The summed E-state index contributed by atoms with van der Waals surface area (Å²) in [6, 6.07) is 10.9. The lowest BCUT2D eigenvalue weighted by atomic mass is 9.99. The Kier molecular flexibility index (Phi) is 10.8. The first-order valence-corrected chi connectivity index (χ1v) is 18.2. The number of aliphatic hydroxyl groups is 2. The summed E-state index contributed by atoms with van der Waals surface area (Å²) in [6.07, 6.45) is 6.92. The van der Waals surface area contributed by atoms with Crippen LogP contribution in [0, 0.1) is 0 Å². The van der Waals surface area contributed by atoms with Gasteiger partial charge in [-0.25, -0.2) is 13.4 Å². The quantitative estimate of drug-likeness (QED) is 0.220. The van der Waals surface area contributed by atoms with E-state index in [1.54, 1.807) is 31.4 Å². The number of ether oxygens (including phenoxy) is 1. The normalized spacial score (nSPS) is 21.3. The number of β-amino-alcohol motifs (C(OH)–C–C–N with tert-alkyl or cyclic N) is 1. The van der Waals surface area contributed by atoms with Crippen molar-refractivity contribution < 1.29 is 23.4 Å². The van der Waals surface area contributed by atoms with Gasteiger partial charge in [-0.1, -0.05) is 23.7 Å². The first-order chi connectivity index (χ1) is 22.8. The fourth-order valence-electron chi connectivity index (χ4n) is 7.04. The number of anilines is 4. The lowest BCUT2D eigenvalue weighted by Crippen LogP contribution is -2.51. The second-order valence-corrected chi connectivity index (χ2v) is 14.7. The Morgan fingerprint density at radius 3 is 2.57 bits per heavy atom. The van der Waals surface area contributed by atoms with Crippen LogP contribution in [-0.4, -0.2) is 114 Å². The van der Waals surface area contributed by atoms with E-state index in [0.29, 0.717) is 36.9 Å². The van der Waals surface area contributed by atoms with Crippen LogP contribution in [0.15, 0.2) is 47.5 Å². The average molecular weight is 686 g/mol. The Bertz CT molecular complexity index is 1650. The summed E-state index contributed by atoms with van der Waals surface area (Å²) in [4.78, 5) is 14.0. The molecule has 1 aliphatic carbocycles. The van der Waals surface area contributed by atoms with Gasteiger partial charge in [0.25, 0.3) is 0 Å². The number of benzene rings is 2. The summed E-state index contributed by atoms with van der Waals surface area (Å²) in [5.74, 6) is 1.22. The molecule has 2 aliphatic heterocycles. The lowest BCUT2D eigenvalue weighted by molar-refractivity contribution is 0.0805. The number of nitrogens with zero attached hydrogens (tertiary/aromatic N) is 5. The molecule has 0 amide bonds. The molecular formula is C33H44ClN7O5S. The molecule has 0 bridgehead atoms. The molecule has 4 N–H and O–H groups in total. The fraction of sp³-hybridized carbons (Fsp3) is 0.515. The molecule has 2 aromatic carbocycles. The van der Waals surface area contributed by atoms with Gasteiger partial charge in [-0.3, -0.25) is 9.80 Å². The van der Waals surface area contributed by atoms with Crippen LogP contribution in [-0.2, 0) is 22.9 Å². The van der Waals surface area contributed by atoms with Gasteiger partial charge >= 0.3 is 0 Å². The SMILES string of the molecule is COc1cc2c(cc1Nc1ncc(Cl)c(Nc3ccccc3S(=O)(=O)N3CCC[C@@H]3CO)n1)CCCC(N1CCN(CCO)CC1)C2. The van der Waals surface area contributed by atoms with Gasteiger partial charge in [-0.15, -0.1) is 0 Å². The Morgan fingerprint density at radius 2 is 1.81 bits per heavy atom. The van der Waals surface area contributed by atoms with Crippen LogP contribution in [0.4, 0.5) is 23.1 Å². The minimum absolute atomic E-state index is 0.0855. The van der Waals surface area contributed by atoms with E-state index in [2.05, 4.69) is 42.5 Å². The average Bonchev–Trinajstić information content (AvgIpc) is 3.48. The predicted molar refractivity (Wildman–Crippen MR) is 183 cm³/mol. The maximum atomic E-state index is 13.6. The highest BCUT2D eigenvalue weighted by atomic mass is 35.5. The molecule has 3 aromatic rings. The van der Waals surface area contributed by atoms with E-state index in [1.165, 1.54) is 21.6 Å². The van der Waals surface area contributed by atoms with Gasteiger partial charge in [-0.2, -0.15) is 9.29 Å². The Morgan fingerprint density at radius 1 is 1.00 bits per heavy atom. The summed E-state index contributed by atoms with van der Waals surface area (Å²) < 4.78 is 34.5. The number of sulfonamides is 1. The zero-order valence-electron chi connectivity index (χ0n) is 26.7. The van der Waals surface area contributed by atoms with E-state index in [9.17, 15) is 18.6 Å². The molecule has 3 heterocycles. The van der Waals surface area contributed by atoms with Crippen molar-refractivity contribution in [2.24, 2.45) is 0 Å². The minimum atomic E-state index is -3.88. The summed E-state index contributed by atoms with van der Waals surface area (Å²) >= 11 is 6.51. The van der Waals surface area contributed by atoms with Gasteiger partial charge in [0.05, 0.1) is 37.9 Å². The van der Waals surface area contributed by atoms with Crippen molar-refractivity contribution in [1.82, 2.24) is 24.1 Å². The van der Waals surface area contributed by atoms with Gasteiger partial charge in [0.15, 0.2) is 5.82 Å². The molecular weight excluding hydrogens is 642 g/mol. The maximum Gasteiger partial charge on any atom is 0.245 e. The highest BCUT2D eigenvalue weighted by Gasteiger charge is 2.36. The summed E-state index contributed by atoms with van der Waals surface area (Å²) in [5, 5.41) is 25.7. The summed E-state index contributed by atoms with van der Waals surface area (Å²) in [5.41, 5.74) is 3.62. The van der Waals surface area contributed by atoms with Crippen molar-refractivity contribution >= 4 is 44.8 Å². The van der Waals surface area contributed by atoms with Crippen molar-refractivity contribution in [2.75, 3.05) is 70.2 Å². The third-order valence-electron chi connectivity index (χ3n) is 9.55. The zero-order valence-corrected chi connectivity index (χ0v) is 28.3. The summed E-state index contributed by atoms with van der Waals surface area (Å²) in [6.45, 7) is 5.07. The predicted octanol–water partition coefficient (Wildman–Crippen LogP) is 3.63. The minimum Gasteiger partial charge on any atom is -0.495 e. The number of halogens is 1. The Labute approximate surface area is 281 Å². The molecule has 0 saturated carbocycles. The van der Waals surface area contributed by atoms with Crippen LogP contribution in [0.3, 0.4) is 0 Å². The smallest absolute Gasteiger partial charge is 0.245 e. The standard InChI is InChI=1S/C33H44ClN7O5S/c1-46-30-20-24-18-25(40-14-12-39(13-15-40)16-17-42)7-4-6-23(24)19-29(30)37-33-35-21-27(34)32(38-33)36-28-9-2-3-10-31(28)47(44,45)41-11-5-8-26(41)22-43/h2-3,9-10,19-21,25-26,42-43H,4-8,11-18,22H2,1H3,(H2,35,36,37,38)/t25?,26-/m1/s1. The number of methoxy groups -OCH3 is 1. The number of rotatable bonds is 11. The van der Waals surface area contributed by atoms with Gasteiger partial charge in [0, 0.05) is 51.4 Å². The number of fused-ring (bicyclic) bond motifs is 1. The van der Waals surface area contributed by atoms with Crippen LogP contribution < -0.4 is 15.4 Å². The van der Waals surface area contributed by atoms with Crippen molar-refractivity contribution in [1.29, 1.82) is 0 Å². The highest BCUT2D eigenvalue weighted by molar-refractivity contribution is 7.89. The summed E-state index contributed by atoms with van der Waals surface area (Å²) in [7, 11) is -2.23. The third-order valence-corrected chi connectivity index (χ3v) is 11.8. The van der Waals surface area contributed by atoms with Crippen LogP contribution in [0.2, 0.25) is 5.02 Å². The van der Waals surface area contributed by atoms with Crippen LogP contribution in [0.25, 0.3) is 0 Å². The number of hydrogen-bond acceptors (Lipinski definition) is 11. The number of hydrogen-bond donors (Lipinski definition) is 4. The molecule has 1 aromatic heterocycles. The van der Waals surface area contributed by atoms with Crippen LogP contribution in [0.1, 0.15) is 36.8 Å². The van der Waals surface area contributed by atoms with E-state index >= 15 is 0 Å². The maximum absolute atomic E-state index is 13.6. The second-order valence-electron chi connectivity index (χ2n) is 12.4. The van der Waals surface area contributed by atoms with Crippen LogP contribution >= 0.6 is 11.6 Å². The molecule has 2 saturated heterocycles. The van der Waals surface area contributed by atoms with Gasteiger partial charge in [0.2, 0.25) is 16.0 Å². The van der Waals surface area contributed by atoms with Crippen molar-refractivity contribution in [3.63, 3.8) is 0 Å². The topological polar surface area (TPSA) is 143 Å². The third kappa shape index (κ3) is 7.51. The number of para-hydroxylation sites is 1. The molecule has 3 aliphatic rings. The number of piperazine rings is 1. The van der Waals surface area contributed by atoms with E-state index in [4.69, 9.17) is 16.3 Å². The van der Waals surface area contributed by atoms with Gasteiger partial charge in [0.1, 0.15) is 15.7 Å². The number of aliphatic hydroxyl groups excluding tert-OH is 2. The lowest BCUT2D eigenvalue weighted by Gasteiger charge is -2.39. The van der Waals surface area contributed by atoms with Crippen molar-refractivity contribution in [3.8, 4) is 5.75 Å². The zero-order chi connectivity index (χ0) is 33.0. The van der Waals surface area contributed by atoms with E-state index < -0.39 is 16.1 Å². The van der Waals surface area contributed by atoms with Gasteiger partial charge < -0.3 is 25.6 Å². The number of aromatic nitrogens is 2. The molecule has 254 valence electrons. The molecule has 14 heteroatoms. The molecule has 2 fully saturated rings. The second kappa shape index (κ2) is 15.0.